The number of Topliss-reactive ketones (excluding diaryl/α,β-unsaturated/α-hetero) is 1. The molecule has 0 aromatic carbocycles. The molecule has 0 aliphatic heterocycles. The van der Waals surface area contributed by atoms with Crippen molar-refractivity contribution in [2.45, 2.75) is 50.1 Å². The number of halogens is 1. The van der Waals surface area contributed by atoms with Gasteiger partial charge < -0.3 is 0 Å². The molecule has 4 rings (SSSR count). The van der Waals surface area contributed by atoms with E-state index in [-0.39, 0.29) is 16.6 Å². The lowest BCUT2D eigenvalue weighted by molar-refractivity contribution is 0.102. The molecule has 2 heterocycles. The van der Waals surface area contributed by atoms with Gasteiger partial charge in [0.25, 0.3) is 0 Å². The van der Waals surface area contributed by atoms with E-state index in [9.17, 15) is 4.79 Å². The van der Waals surface area contributed by atoms with Crippen molar-refractivity contribution in [1.29, 1.82) is 0 Å². The Kier molecular flexibility index (Phi) is 3.79. The monoisotopic (exact) mass is 379 g/mol. The fourth-order valence-corrected chi connectivity index (χ4v) is 5.83. The van der Waals surface area contributed by atoms with Crippen molar-refractivity contribution in [1.82, 2.24) is 15.2 Å². The first-order valence-corrected chi connectivity index (χ1v) is 10.2. The average Bonchev–Trinajstić information content (AvgIpc) is 3.12. The van der Waals surface area contributed by atoms with Gasteiger partial charge in [-0.2, -0.15) is 5.10 Å². The highest BCUT2D eigenvalue weighted by molar-refractivity contribution is 7.99. The molecule has 2 atom stereocenters. The van der Waals surface area contributed by atoms with Crippen molar-refractivity contribution in [3.63, 3.8) is 0 Å². The SMILES string of the molecule is CC12CCC(c3nnc(SCC(=O)c4ccc(Cl)s4)nc31)C2(C)C. The van der Waals surface area contributed by atoms with E-state index in [1.165, 1.54) is 23.1 Å². The number of thioether (sulfide) groups is 1. The molecule has 2 aliphatic carbocycles. The first-order chi connectivity index (χ1) is 11.3. The van der Waals surface area contributed by atoms with Crippen molar-refractivity contribution in [2.75, 3.05) is 5.75 Å². The van der Waals surface area contributed by atoms with Crippen LogP contribution in [0.15, 0.2) is 17.3 Å². The Balaban J connectivity index is 1.55. The van der Waals surface area contributed by atoms with E-state index in [2.05, 4.69) is 31.0 Å². The van der Waals surface area contributed by atoms with Crippen LogP contribution in [0.1, 0.15) is 60.6 Å². The molecule has 1 fully saturated rings. The molecule has 7 heteroatoms. The maximum Gasteiger partial charge on any atom is 0.209 e. The van der Waals surface area contributed by atoms with Crippen LogP contribution in [-0.4, -0.2) is 26.7 Å². The normalized spacial score (nSPS) is 26.6. The number of hydrogen-bond acceptors (Lipinski definition) is 6. The predicted molar refractivity (Wildman–Crippen MR) is 97.3 cm³/mol. The van der Waals surface area contributed by atoms with Gasteiger partial charge in [0.2, 0.25) is 5.16 Å². The molecule has 0 spiro atoms. The third-order valence-electron chi connectivity index (χ3n) is 5.95. The standard InChI is InChI=1S/C17H18ClN3OS2/c1-16(2)9-6-7-17(16,3)14-13(9)20-21-15(19-14)23-8-10(22)11-4-5-12(18)24-11/h4-5,9H,6-8H2,1-3H3. The molecule has 0 radical (unpaired) electrons. The summed E-state index contributed by atoms with van der Waals surface area (Å²) in [6, 6.07) is 3.51. The smallest absolute Gasteiger partial charge is 0.209 e. The number of fused-ring (bicyclic) bond motifs is 5. The van der Waals surface area contributed by atoms with Crippen molar-refractivity contribution in [3.05, 3.63) is 32.7 Å². The molecule has 2 aromatic heterocycles. The molecule has 0 amide bonds. The summed E-state index contributed by atoms with van der Waals surface area (Å²) in [6.07, 6.45) is 2.31. The van der Waals surface area contributed by atoms with Gasteiger partial charge in [0, 0.05) is 11.3 Å². The van der Waals surface area contributed by atoms with Gasteiger partial charge >= 0.3 is 0 Å². The molecule has 0 saturated heterocycles. The number of rotatable bonds is 4. The van der Waals surface area contributed by atoms with Crippen LogP contribution in [0, 0.1) is 5.41 Å². The number of thiophene rings is 1. The topological polar surface area (TPSA) is 55.7 Å². The fraction of sp³-hybridized carbons (Fsp3) is 0.529. The van der Waals surface area contributed by atoms with Crippen LogP contribution in [0.4, 0.5) is 0 Å². The summed E-state index contributed by atoms with van der Waals surface area (Å²) in [5, 5.41) is 9.33. The third-order valence-corrected chi connectivity index (χ3v) is 8.06. The van der Waals surface area contributed by atoms with Crippen LogP contribution >= 0.6 is 34.7 Å². The van der Waals surface area contributed by atoms with Gasteiger partial charge in [-0.1, -0.05) is 44.1 Å². The molecule has 2 aliphatic rings. The summed E-state index contributed by atoms with van der Waals surface area (Å²) in [5.41, 5.74) is 2.38. The molecule has 126 valence electrons. The maximum absolute atomic E-state index is 12.2. The van der Waals surface area contributed by atoms with E-state index < -0.39 is 0 Å². The van der Waals surface area contributed by atoms with E-state index in [4.69, 9.17) is 16.6 Å². The van der Waals surface area contributed by atoms with Gasteiger partial charge in [0.1, 0.15) is 0 Å². The second-order valence-corrected chi connectivity index (χ2v) is 9.95. The van der Waals surface area contributed by atoms with Gasteiger partial charge in [0.15, 0.2) is 5.78 Å². The van der Waals surface area contributed by atoms with Gasteiger partial charge in [-0.15, -0.1) is 16.4 Å². The minimum atomic E-state index is 0.0501. The van der Waals surface area contributed by atoms with Crippen molar-refractivity contribution in [2.24, 2.45) is 5.41 Å². The largest absolute Gasteiger partial charge is 0.292 e. The molecular weight excluding hydrogens is 362 g/mol. The number of hydrogen-bond donors (Lipinski definition) is 0. The molecule has 2 unspecified atom stereocenters. The van der Waals surface area contributed by atoms with Crippen molar-refractivity contribution >= 4 is 40.5 Å². The number of aromatic nitrogens is 3. The van der Waals surface area contributed by atoms with E-state index in [1.54, 1.807) is 12.1 Å². The number of ketones is 1. The number of nitrogens with zero attached hydrogens (tertiary/aromatic N) is 3. The van der Waals surface area contributed by atoms with Crippen LogP contribution in [0.5, 0.6) is 0 Å². The minimum absolute atomic E-state index is 0.0501. The van der Waals surface area contributed by atoms with Gasteiger partial charge in [-0.25, -0.2) is 4.98 Å². The average molecular weight is 380 g/mol. The summed E-state index contributed by atoms with van der Waals surface area (Å²) in [6.45, 7) is 6.91. The van der Waals surface area contributed by atoms with Gasteiger partial charge in [-0.3, -0.25) is 4.79 Å². The molecule has 1 saturated carbocycles. The zero-order valence-corrected chi connectivity index (χ0v) is 16.2. The van der Waals surface area contributed by atoms with Crippen LogP contribution in [0.25, 0.3) is 0 Å². The first kappa shape index (κ1) is 16.5. The van der Waals surface area contributed by atoms with Crippen molar-refractivity contribution in [3.8, 4) is 0 Å². The zero-order valence-electron chi connectivity index (χ0n) is 13.8. The van der Waals surface area contributed by atoms with E-state index >= 15 is 0 Å². The van der Waals surface area contributed by atoms with Crippen LogP contribution in [0.3, 0.4) is 0 Å². The second-order valence-electron chi connectivity index (χ2n) is 7.29. The number of carbonyl (C=O) groups excluding carboxylic acids is 1. The molecular formula is C17H18ClN3OS2. The lowest BCUT2D eigenvalue weighted by atomic mass is 9.70. The summed E-state index contributed by atoms with van der Waals surface area (Å²) in [7, 11) is 0. The first-order valence-electron chi connectivity index (χ1n) is 7.99. The Labute approximate surface area is 154 Å². The Morgan fingerprint density at radius 1 is 1.38 bits per heavy atom. The molecule has 24 heavy (non-hydrogen) atoms. The van der Waals surface area contributed by atoms with E-state index in [0.717, 1.165) is 24.2 Å². The quantitative estimate of drug-likeness (QED) is 0.567. The summed E-state index contributed by atoms with van der Waals surface area (Å²) in [5.74, 6) is 0.807. The second kappa shape index (κ2) is 5.51. The van der Waals surface area contributed by atoms with Crippen LogP contribution in [-0.2, 0) is 5.41 Å². The summed E-state index contributed by atoms with van der Waals surface area (Å²) < 4.78 is 0.630. The fourth-order valence-electron chi connectivity index (χ4n) is 4.09. The summed E-state index contributed by atoms with van der Waals surface area (Å²) in [4.78, 5) is 17.7. The number of carbonyl (C=O) groups is 1. The Morgan fingerprint density at radius 2 is 2.17 bits per heavy atom. The molecule has 2 aromatic rings. The highest BCUT2D eigenvalue weighted by atomic mass is 35.5. The van der Waals surface area contributed by atoms with E-state index in [0.29, 0.717) is 26.0 Å². The van der Waals surface area contributed by atoms with Crippen LogP contribution < -0.4 is 0 Å². The Morgan fingerprint density at radius 3 is 2.88 bits per heavy atom. The lowest BCUT2D eigenvalue weighted by Crippen LogP contribution is -2.32. The zero-order chi connectivity index (χ0) is 17.1. The molecule has 4 nitrogen and oxygen atoms in total. The minimum Gasteiger partial charge on any atom is -0.292 e. The Bertz CT molecular complexity index is 835. The highest BCUT2D eigenvalue weighted by Gasteiger charge is 2.61. The van der Waals surface area contributed by atoms with Gasteiger partial charge in [0.05, 0.1) is 26.4 Å². The van der Waals surface area contributed by atoms with Gasteiger partial charge in [-0.05, 0) is 30.4 Å². The Hall–Kier alpha value is -0.980. The van der Waals surface area contributed by atoms with Crippen molar-refractivity contribution < 1.29 is 4.79 Å². The van der Waals surface area contributed by atoms with E-state index in [1.807, 2.05) is 0 Å². The molecule has 0 N–H and O–H groups in total. The summed E-state index contributed by atoms with van der Waals surface area (Å²) >= 11 is 8.55. The predicted octanol–water partition coefficient (Wildman–Crippen LogP) is 4.74. The highest BCUT2D eigenvalue weighted by Crippen LogP contribution is 2.66. The maximum atomic E-state index is 12.2. The molecule has 2 bridgehead atoms. The van der Waals surface area contributed by atoms with Crippen LogP contribution in [0.2, 0.25) is 4.34 Å². The lowest BCUT2D eigenvalue weighted by Gasteiger charge is -2.33. The third kappa shape index (κ3) is 2.26.